The van der Waals surface area contributed by atoms with Crippen LogP contribution >= 0.6 is 0 Å². The topological polar surface area (TPSA) is 77.5 Å². The summed E-state index contributed by atoms with van der Waals surface area (Å²) in [5, 5.41) is 0. The highest BCUT2D eigenvalue weighted by Gasteiger charge is 2.35. The van der Waals surface area contributed by atoms with Crippen molar-refractivity contribution >= 4 is 21.6 Å². The highest BCUT2D eigenvalue weighted by molar-refractivity contribution is 7.91. The van der Waals surface area contributed by atoms with E-state index in [9.17, 15) is 26.8 Å². The molecule has 1 heterocycles. The second kappa shape index (κ2) is 6.35. The van der Waals surface area contributed by atoms with Crippen molar-refractivity contribution in [2.75, 3.05) is 0 Å². The summed E-state index contributed by atoms with van der Waals surface area (Å²) < 4.78 is 56.9. The number of benzene rings is 3. The van der Waals surface area contributed by atoms with Gasteiger partial charge in [-0.2, -0.15) is 0 Å². The Morgan fingerprint density at radius 1 is 0.821 bits per heavy atom. The van der Waals surface area contributed by atoms with Gasteiger partial charge >= 0.3 is 5.97 Å². The van der Waals surface area contributed by atoms with Gasteiger partial charge in [-0.25, -0.2) is 22.0 Å². The Labute approximate surface area is 158 Å². The van der Waals surface area contributed by atoms with Gasteiger partial charge in [0, 0.05) is 17.2 Å². The number of hydrogen-bond donors (Lipinski definition) is 0. The van der Waals surface area contributed by atoms with E-state index in [-0.39, 0.29) is 32.2 Å². The molecule has 8 heteroatoms. The number of esters is 1. The van der Waals surface area contributed by atoms with Crippen molar-refractivity contribution in [1.82, 2.24) is 0 Å². The minimum atomic E-state index is -4.01. The summed E-state index contributed by atoms with van der Waals surface area (Å²) in [6.07, 6.45) is 0. The molecule has 0 fully saturated rings. The van der Waals surface area contributed by atoms with Gasteiger partial charge in [0.1, 0.15) is 5.75 Å². The van der Waals surface area contributed by atoms with E-state index >= 15 is 0 Å². The van der Waals surface area contributed by atoms with Crippen molar-refractivity contribution < 1.29 is 31.5 Å². The van der Waals surface area contributed by atoms with Gasteiger partial charge in [-0.05, 0) is 42.5 Å². The number of ketones is 1. The van der Waals surface area contributed by atoms with Gasteiger partial charge in [0.2, 0.25) is 9.84 Å². The number of sulfone groups is 1. The zero-order valence-corrected chi connectivity index (χ0v) is 14.8. The van der Waals surface area contributed by atoms with Gasteiger partial charge in [-0.15, -0.1) is 0 Å². The number of halogens is 2. The van der Waals surface area contributed by atoms with Gasteiger partial charge in [0.15, 0.2) is 17.4 Å². The van der Waals surface area contributed by atoms with E-state index in [0.717, 1.165) is 18.2 Å². The number of carbonyl (C=O) groups is 2. The molecule has 3 aromatic rings. The molecule has 0 radical (unpaired) electrons. The third kappa shape index (κ3) is 2.78. The summed E-state index contributed by atoms with van der Waals surface area (Å²) in [5.74, 6) is -3.99. The van der Waals surface area contributed by atoms with Crippen LogP contribution in [0, 0.1) is 11.6 Å². The predicted molar refractivity (Wildman–Crippen MR) is 93.1 cm³/mol. The maximum atomic E-state index is 13.3. The van der Waals surface area contributed by atoms with Gasteiger partial charge < -0.3 is 4.74 Å². The molecule has 5 nitrogen and oxygen atoms in total. The molecule has 0 spiro atoms. The van der Waals surface area contributed by atoms with Crippen LogP contribution in [-0.2, 0) is 9.84 Å². The number of hydrogen-bond acceptors (Lipinski definition) is 5. The fourth-order valence-electron chi connectivity index (χ4n) is 2.92. The zero-order valence-electron chi connectivity index (χ0n) is 14.0. The quantitative estimate of drug-likeness (QED) is 0.380. The summed E-state index contributed by atoms with van der Waals surface area (Å²) >= 11 is 0. The van der Waals surface area contributed by atoms with E-state index in [0.29, 0.717) is 6.07 Å². The van der Waals surface area contributed by atoms with E-state index < -0.39 is 33.2 Å². The zero-order chi connectivity index (χ0) is 20.1. The summed E-state index contributed by atoms with van der Waals surface area (Å²) in [5.41, 5.74) is -0.144. The molecule has 0 saturated carbocycles. The first-order valence-electron chi connectivity index (χ1n) is 7.99. The molecular weight excluding hydrogens is 390 g/mol. The van der Waals surface area contributed by atoms with Crippen LogP contribution in [0.3, 0.4) is 0 Å². The molecule has 1 aliphatic rings. The molecule has 4 rings (SSSR count). The van der Waals surface area contributed by atoms with Crippen LogP contribution in [0.2, 0.25) is 0 Å². The van der Waals surface area contributed by atoms with Crippen LogP contribution in [0.25, 0.3) is 0 Å². The molecule has 0 aromatic heterocycles. The summed E-state index contributed by atoms with van der Waals surface area (Å²) in [6.45, 7) is 0. The average molecular weight is 400 g/mol. The van der Waals surface area contributed by atoms with Crippen molar-refractivity contribution in [2.45, 2.75) is 9.79 Å². The largest absolute Gasteiger partial charge is 0.423 e. The van der Waals surface area contributed by atoms with Gasteiger partial charge in [-0.3, -0.25) is 4.79 Å². The maximum absolute atomic E-state index is 13.3. The standard InChI is InChI=1S/C20H10F2O5S/c21-15-8-6-12(10-16(15)22)27-20(24)11-5-7-14-18(9-11)28(25,26)17-4-2-1-3-13(17)19(14)23/h1-10H. The molecule has 0 amide bonds. The predicted octanol–water partition coefficient (Wildman–Crippen LogP) is 3.56. The lowest BCUT2D eigenvalue weighted by Gasteiger charge is -2.19. The van der Waals surface area contributed by atoms with E-state index in [1.807, 2.05) is 0 Å². The lowest BCUT2D eigenvalue weighted by Crippen LogP contribution is -2.21. The first-order chi connectivity index (χ1) is 13.3. The average Bonchev–Trinajstić information content (AvgIpc) is 2.69. The summed E-state index contributed by atoms with van der Waals surface area (Å²) in [7, 11) is -4.01. The molecule has 0 saturated heterocycles. The second-order valence-corrected chi connectivity index (χ2v) is 7.89. The van der Waals surface area contributed by atoms with E-state index in [4.69, 9.17) is 4.74 Å². The highest BCUT2D eigenvalue weighted by atomic mass is 32.2. The number of rotatable bonds is 2. The fourth-order valence-corrected chi connectivity index (χ4v) is 4.59. The van der Waals surface area contributed by atoms with Gasteiger partial charge in [0.25, 0.3) is 0 Å². The van der Waals surface area contributed by atoms with Crippen LogP contribution in [0.15, 0.2) is 70.5 Å². The van der Waals surface area contributed by atoms with Gasteiger partial charge in [-0.1, -0.05) is 12.1 Å². The van der Waals surface area contributed by atoms with Crippen LogP contribution in [0.4, 0.5) is 8.78 Å². The number of fused-ring (bicyclic) bond motifs is 2. The minimum absolute atomic E-state index is 0.0527. The number of ether oxygens (including phenoxy) is 1. The summed E-state index contributed by atoms with van der Waals surface area (Å²) in [6, 6.07) is 11.9. The molecule has 1 aliphatic heterocycles. The fraction of sp³-hybridized carbons (Fsp3) is 0. The molecule has 140 valence electrons. The second-order valence-electron chi connectivity index (χ2n) is 6.01. The third-order valence-corrected chi connectivity index (χ3v) is 6.13. The van der Waals surface area contributed by atoms with Gasteiger partial charge in [0.05, 0.1) is 15.4 Å². The first-order valence-corrected chi connectivity index (χ1v) is 9.47. The lowest BCUT2D eigenvalue weighted by atomic mass is 10.0. The summed E-state index contributed by atoms with van der Waals surface area (Å²) in [4.78, 5) is 24.4. The smallest absolute Gasteiger partial charge is 0.343 e. The SMILES string of the molecule is O=C(Oc1ccc(F)c(F)c1)c1ccc2c(c1)S(=O)(=O)c1ccccc1C2=O. The molecule has 0 aliphatic carbocycles. The van der Waals surface area contributed by atoms with Crippen molar-refractivity contribution in [1.29, 1.82) is 0 Å². The molecule has 0 unspecified atom stereocenters. The molecule has 0 atom stereocenters. The molecule has 3 aromatic carbocycles. The minimum Gasteiger partial charge on any atom is -0.423 e. The third-order valence-electron chi connectivity index (χ3n) is 4.27. The van der Waals surface area contributed by atoms with Crippen LogP contribution in [0.1, 0.15) is 26.3 Å². The van der Waals surface area contributed by atoms with Crippen LogP contribution < -0.4 is 4.74 Å². The van der Waals surface area contributed by atoms with E-state index in [1.165, 1.54) is 30.3 Å². The van der Waals surface area contributed by atoms with Crippen molar-refractivity contribution in [2.24, 2.45) is 0 Å². The van der Waals surface area contributed by atoms with Crippen molar-refractivity contribution in [3.63, 3.8) is 0 Å². The molecule has 0 bridgehead atoms. The van der Waals surface area contributed by atoms with E-state index in [2.05, 4.69) is 0 Å². The molecular formula is C20H10F2O5S. The lowest BCUT2D eigenvalue weighted by molar-refractivity contribution is 0.0733. The highest BCUT2D eigenvalue weighted by Crippen LogP contribution is 2.35. The normalized spacial score (nSPS) is 14.1. The van der Waals surface area contributed by atoms with Crippen molar-refractivity contribution in [3.8, 4) is 5.75 Å². The maximum Gasteiger partial charge on any atom is 0.343 e. The molecule has 0 N–H and O–H groups in total. The van der Waals surface area contributed by atoms with Crippen LogP contribution in [0.5, 0.6) is 5.75 Å². The Hall–Kier alpha value is -3.39. The Balaban J connectivity index is 1.74. The van der Waals surface area contributed by atoms with Crippen molar-refractivity contribution in [3.05, 3.63) is 89.0 Å². The Kier molecular flexibility index (Phi) is 4.08. The Bertz CT molecular complexity index is 1270. The Morgan fingerprint density at radius 3 is 2.29 bits per heavy atom. The number of carbonyl (C=O) groups excluding carboxylic acids is 2. The monoisotopic (exact) mass is 400 g/mol. The molecule has 28 heavy (non-hydrogen) atoms. The first kappa shape index (κ1) is 18.0. The Morgan fingerprint density at radius 2 is 1.54 bits per heavy atom. The van der Waals surface area contributed by atoms with Crippen LogP contribution in [-0.4, -0.2) is 20.2 Å². The van der Waals surface area contributed by atoms with E-state index in [1.54, 1.807) is 6.07 Å².